The van der Waals surface area contributed by atoms with Gasteiger partial charge in [0, 0.05) is 11.4 Å². The summed E-state index contributed by atoms with van der Waals surface area (Å²) in [6.45, 7) is 6.46. The summed E-state index contributed by atoms with van der Waals surface area (Å²) < 4.78 is 5.24. The van der Waals surface area contributed by atoms with Gasteiger partial charge in [-0.1, -0.05) is 65.3 Å². The summed E-state index contributed by atoms with van der Waals surface area (Å²) in [5.74, 6) is 0.265. The lowest BCUT2D eigenvalue weighted by Crippen LogP contribution is -2.31. The molecule has 0 aliphatic carbocycles. The van der Waals surface area contributed by atoms with Crippen molar-refractivity contribution in [3.8, 4) is 0 Å². The highest BCUT2D eigenvalue weighted by Crippen LogP contribution is 2.30. The molecule has 1 aliphatic heterocycles. The molecular formula is C25H24Cl2N4O2S. The number of thioether (sulfide) groups is 1. The van der Waals surface area contributed by atoms with Crippen molar-refractivity contribution in [2.24, 2.45) is 10.1 Å². The monoisotopic (exact) mass is 514 g/mol. The van der Waals surface area contributed by atoms with Crippen molar-refractivity contribution in [1.29, 1.82) is 0 Å². The van der Waals surface area contributed by atoms with Gasteiger partial charge in [-0.15, -0.1) is 0 Å². The number of aliphatic imine (C=N–C) groups is 1. The Kier molecular flexibility index (Phi) is 7.66. The highest BCUT2D eigenvalue weighted by atomic mass is 35.5. The van der Waals surface area contributed by atoms with Crippen LogP contribution in [0.15, 0.2) is 58.6 Å². The smallest absolute Gasteiger partial charge is 0.340 e. The summed E-state index contributed by atoms with van der Waals surface area (Å²) in [4.78, 5) is 20.6. The molecule has 0 bridgehead atoms. The minimum atomic E-state index is -0.327. The van der Waals surface area contributed by atoms with Crippen LogP contribution in [-0.4, -0.2) is 39.2 Å². The van der Waals surface area contributed by atoms with Gasteiger partial charge in [0.2, 0.25) is 0 Å². The fourth-order valence-electron chi connectivity index (χ4n) is 3.71. The third-order valence-electron chi connectivity index (χ3n) is 5.31. The molecule has 0 saturated carbocycles. The molecule has 0 amide bonds. The van der Waals surface area contributed by atoms with Gasteiger partial charge in [-0.05, 0) is 50.1 Å². The third kappa shape index (κ3) is 5.32. The number of hydrazone groups is 1. The number of benzene rings is 2. The summed E-state index contributed by atoms with van der Waals surface area (Å²) >= 11 is 13.8. The van der Waals surface area contributed by atoms with Gasteiger partial charge in [-0.25, -0.2) is 14.8 Å². The number of hydrogen-bond acceptors (Lipinski definition) is 5. The molecule has 2 aromatic carbocycles. The SMILES string of the molecule is CCOC(=O)c1c(C)[nH]c(C2=NN(Cc3ccccc3)C(=Nc3ccc(Cl)c(Cl)c3)SC2)c1C. The Labute approximate surface area is 213 Å². The maximum atomic E-state index is 12.5. The zero-order chi connectivity index (χ0) is 24.2. The fourth-order valence-corrected chi connectivity index (χ4v) is 4.89. The molecule has 4 rings (SSSR count). The number of aryl methyl sites for hydroxylation is 1. The second-order valence-corrected chi connectivity index (χ2v) is 9.47. The zero-order valence-electron chi connectivity index (χ0n) is 19.1. The average molecular weight is 515 g/mol. The van der Waals surface area contributed by atoms with Crippen molar-refractivity contribution in [3.63, 3.8) is 0 Å². The molecule has 0 saturated heterocycles. The molecule has 6 nitrogen and oxygen atoms in total. The minimum absolute atomic E-state index is 0.327. The molecule has 176 valence electrons. The van der Waals surface area contributed by atoms with Crippen molar-refractivity contribution in [2.45, 2.75) is 27.3 Å². The van der Waals surface area contributed by atoms with Crippen molar-refractivity contribution in [3.05, 3.63) is 86.7 Å². The highest BCUT2D eigenvalue weighted by molar-refractivity contribution is 8.14. The Morgan fingerprint density at radius 1 is 1.18 bits per heavy atom. The number of hydrogen-bond donors (Lipinski definition) is 1. The maximum Gasteiger partial charge on any atom is 0.340 e. The first-order valence-corrected chi connectivity index (χ1v) is 12.5. The quantitative estimate of drug-likeness (QED) is 0.369. The second kappa shape index (κ2) is 10.7. The number of halogens is 2. The van der Waals surface area contributed by atoms with Gasteiger partial charge in [0.25, 0.3) is 0 Å². The van der Waals surface area contributed by atoms with E-state index in [2.05, 4.69) is 4.98 Å². The van der Waals surface area contributed by atoms with Gasteiger partial charge < -0.3 is 9.72 Å². The van der Waals surface area contributed by atoms with Crippen LogP contribution >= 0.6 is 35.0 Å². The van der Waals surface area contributed by atoms with Gasteiger partial charge in [0.05, 0.1) is 45.9 Å². The lowest BCUT2D eigenvalue weighted by Gasteiger charge is -2.26. The van der Waals surface area contributed by atoms with E-state index in [1.807, 2.05) is 55.3 Å². The fraction of sp³-hybridized carbons (Fsp3) is 0.240. The lowest BCUT2D eigenvalue weighted by molar-refractivity contribution is 0.0525. The van der Waals surface area contributed by atoms with Crippen LogP contribution in [0.2, 0.25) is 10.0 Å². The summed E-state index contributed by atoms with van der Waals surface area (Å²) in [5.41, 5.74) is 5.63. The molecule has 0 fully saturated rings. The van der Waals surface area contributed by atoms with Gasteiger partial charge in [-0.3, -0.25) is 0 Å². The van der Waals surface area contributed by atoms with Gasteiger partial charge in [-0.2, -0.15) is 5.10 Å². The van der Waals surface area contributed by atoms with E-state index < -0.39 is 0 Å². The lowest BCUT2D eigenvalue weighted by atomic mass is 10.1. The molecule has 1 aromatic heterocycles. The Morgan fingerprint density at radius 3 is 2.65 bits per heavy atom. The summed E-state index contributed by atoms with van der Waals surface area (Å²) in [6.07, 6.45) is 0. The Bertz CT molecular complexity index is 1270. The molecule has 0 atom stereocenters. The average Bonchev–Trinajstić information content (AvgIpc) is 3.12. The van der Waals surface area contributed by atoms with Crippen LogP contribution in [-0.2, 0) is 11.3 Å². The van der Waals surface area contributed by atoms with E-state index in [0.717, 1.165) is 33.4 Å². The second-order valence-electron chi connectivity index (χ2n) is 7.72. The topological polar surface area (TPSA) is 70.1 Å². The molecule has 1 aliphatic rings. The van der Waals surface area contributed by atoms with Crippen LogP contribution in [0.4, 0.5) is 5.69 Å². The molecule has 34 heavy (non-hydrogen) atoms. The van der Waals surface area contributed by atoms with Crippen LogP contribution in [0.25, 0.3) is 0 Å². The molecule has 0 radical (unpaired) electrons. The van der Waals surface area contributed by atoms with E-state index in [1.165, 1.54) is 0 Å². The van der Waals surface area contributed by atoms with Crippen molar-refractivity contribution in [2.75, 3.05) is 12.4 Å². The summed E-state index contributed by atoms with van der Waals surface area (Å²) in [6, 6.07) is 15.4. The normalized spacial score (nSPS) is 14.9. The highest BCUT2D eigenvalue weighted by Gasteiger charge is 2.26. The van der Waals surface area contributed by atoms with Gasteiger partial charge >= 0.3 is 5.97 Å². The van der Waals surface area contributed by atoms with E-state index in [0.29, 0.717) is 40.2 Å². The Hall–Kier alpha value is -2.74. The van der Waals surface area contributed by atoms with Gasteiger partial charge in [0.1, 0.15) is 0 Å². The number of ether oxygens (including phenoxy) is 1. The number of esters is 1. The molecule has 2 heterocycles. The number of amidine groups is 1. The largest absolute Gasteiger partial charge is 0.462 e. The summed E-state index contributed by atoms with van der Waals surface area (Å²) in [7, 11) is 0. The predicted molar refractivity (Wildman–Crippen MR) is 141 cm³/mol. The standard InChI is InChI=1S/C25H24Cl2N4O2S/c1-4-33-24(32)22-15(2)23(28-16(22)3)21-14-34-25(29-18-10-11-19(26)20(27)12-18)31(30-21)13-17-8-6-5-7-9-17/h5-12,28H,4,13-14H2,1-3H3. The molecular weight excluding hydrogens is 491 g/mol. The number of nitrogens with zero attached hydrogens (tertiary/aromatic N) is 3. The first-order chi connectivity index (χ1) is 16.4. The van der Waals surface area contributed by atoms with E-state index in [-0.39, 0.29) is 5.97 Å². The number of H-pyrrole nitrogens is 1. The molecule has 9 heteroatoms. The van der Waals surface area contributed by atoms with Crippen LogP contribution in [0.5, 0.6) is 0 Å². The first kappa shape index (κ1) is 24.4. The number of carbonyl (C=O) groups excluding carboxylic acids is 1. The number of nitrogens with one attached hydrogen (secondary N) is 1. The summed E-state index contributed by atoms with van der Waals surface area (Å²) in [5, 5.41) is 8.50. The Morgan fingerprint density at radius 2 is 1.94 bits per heavy atom. The molecule has 0 unspecified atom stereocenters. The first-order valence-electron chi connectivity index (χ1n) is 10.8. The molecule has 3 aromatic rings. The van der Waals surface area contributed by atoms with Crippen molar-refractivity contribution < 1.29 is 9.53 Å². The minimum Gasteiger partial charge on any atom is -0.462 e. The predicted octanol–water partition coefficient (Wildman–Crippen LogP) is 6.76. The van der Waals surface area contributed by atoms with E-state index in [4.69, 9.17) is 38.0 Å². The van der Waals surface area contributed by atoms with Crippen molar-refractivity contribution >= 4 is 57.5 Å². The van der Waals surface area contributed by atoms with Crippen LogP contribution in [0.3, 0.4) is 0 Å². The van der Waals surface area contributed by atoms with Gasteiger partial charge in [0.15, 0.2) is 5.17 Å². The Balaban J connectivity index is 1.72. The van der Waals surface area contributed by atoms with E-state index in [9.17, 15) is 4.79 Å². The maximum absolute atomic E-state index is 12.5. The number of aromatic amines is 1. The molecule has 0 spiro atoms. The van der Waals surface area contributed by atoms with Crippen LogP contribution in [0.1, 0.15) is 39.8 Å². The van der Waals surface area contributed by atoms with E-state index in [1.54, 1.807) is 30.8 Å². The zero-order valence-corrected chi connectivity index (χ0v) is 21.4. The van der Waals surface area contributed by atoms with Crippen LogP contribution < -0.4 is 0 Å². The number of carbonyl (C=O) groups is 1. The van der Waals surface area contributed by atoms with Crippen LogP contribution in [0, 0.1) is 13.8 Å². The number of aromatic nitrogens is 1. The van der Waals surface area contributed by atoms with Crippen molar-refractivity contribution in [1.82, 2.24) is 9.99 Å². The number of rotatable bonds is 6. The van der Waals surface area contributed by atoms with E-state index >= 15 is 0 Å². The molecule has 1 N–H and O–H groups in total. The third-order valence-corrected chi connectivity index (χ3v) is 7.03.